The number of nitrogens with two attached hydrogens (primary N) is 1. The molecule has 2 aromatic rings. The predicted octanol–water partition coefficient (Wildman–Crippen LogP) is 4.05. The van der Waals surface area contributed by atoms with Crippen LogP contribution in [0.1, 0.15) is 17.4 Å². The molecule has 16 heavy (non-hydrogen) atoms. The third-order valence-corrected chi connectivity index (χ3v) is 3.22. The molecule has 1 unspecified atom stereocenters. The van der Waals surface area contributed by atoms with Crippen LogP contribution in [-0.2, 0) is 6.42 Å². The van der Waals surface area contributed by atoms with Crippen LogP contribution in [0.3, 0.4) is 0 Å². The lowest BCUT2D eigenvalue weighted by Crippen LogP contribution is -2.12. The van der Waals surface area contributed by atoms with Gasteiger partial charge in [-0.2, -0.15) is 0 Å². The van der Waals surface area contributed by atoms with Gasteiger partial charge in [-0.05, 0) is 52.2 Å². The Morgan fingerprint density at radius 2 is 2.00 bits per heavy atom. The van der Waals surface area contributed by atoms with Gasteiger partial charge < -0.3 is 10.2 Å². The molecule has 84 valence electrons. The maximum Gasteiger partial charge on any atom is 0.169 e. The summed E-state index contributed by atoms with van der Waals surface area (Å²) >= 11 is 6.71. The number of benzene rings is 1. The largest absolute Gasteiger partial charge is 0.453 e. The molecule has 0 saturated carbocycles. The van der Waals surface area contributed by atoms with Crippen molar-refractivity contribution in [3.8, 4) is 0 Å². The lowest BCUT2D eigenvalue weighted by atomic mass is 10.1. The molecule has 0 aliphatic heterocycles. The van der Waals surface area contributed by atoms with Crippen molar-refractivity contribution in [3.05, 3.63) is 56.9 Å². The number of rotatable bonds is 3. The molecule has 2 rings (SSSR count). The van der Waals surface area contributed by atoms with E-state index in [1.807, 2.05) is 24.3 Å². The minimum atomic E-state index is -0.111. The van der Waals surface area contributed by atoms with Crippen LogP contribution in [0.15, 0.2) is 50.0 Å². The molecule has 0 amide bonds. The van der Waals surface area contributed by atoms with Gasteiger partial charge >= 0.3 is 0 Å². The maximum atomic E-state index is 6.06. The molecule has 0 bridgehead atoms. The summed E-state index contributed by atoms with van der Waals surface area (Å²) in [6, 6.07) is 11.8. The predicted molar refractivity (Wildman–Crippen MR) is 71.2 cm³/mol. The van der Waals surface area contributed by atoms with Gasteiger partial charge in [0.05, 0.1) is 6.04 Å². The van der Waals surface area contributed by atoms with Crippen molar-refractivity contribution in [2.24, 2.45) is 5.73 Å². The van der Waals surface area contributed by atoms with E-state index in [1.165, 1.54) is 5.56 Å². The van der Waals surface area contributed by atoms with Crippen molar-refractivity contribution < 1.29 is 4.42 Å². The fraction of sp³-hybridized carbons (Fsp3) is 0.167. The summed E-state index contributed by atoms with van der Waals surface area (Å²) < 4.78 is 7.21. The smallest absolute Gasteiger partial charge is 0.169 e. The van der Waals surface area contributed by atoms with Gasteiger partial charge in [0.25, 0.3) is 0 Å². The van der Waals surface area contributed by atoms with Crippen molar-refractivity contribution in [3.63, 3.8) is 0 Å². The van der Waals surface area contributed by atoms with E-state index in [9.17, 15) is 0 Å². The highest BCUT2D eigenvalue weighted by atomic mass is 79.9. The van der Waals surface area contributed by atoms with E-state index in [2.05, 4.69) is 44.0 Å². The van der Waals surface area contributed by atoms with E-state index in [1.54, 1.807) is 0 Å². The lowest BCUT2D eigenvalue weighted by molar-refractivity contribution is 0.448. The van der Waals surface area contributed by atoms with E-state index in [-0.39, 0.29) is 6.04 Å². The van der Waals surface area contributed by atoms with Crippen LogP contribution in [0.2, 0.25) is 0 Å². The van der Waals surface area contributed by atoms with E-state index in [4.69, 9.17) is 10.2 Å². The van der Waals surface area contributed by atoms with Gasteiger partial charge in [-0.15, -0.1) is 0 Å². The quantitative estimate of drug-likeness (QED) is 0.912. The molecule has 2 N–H and O–H groups in total. The van der Waals surface area contributed by atoms with Crippen LogP contribution in [0, 0.1) is 0 Å². The first-order valence-electron chi connectivity index (χ1n) is 4.90. The number of hydrogen-bond donors (Lipinski definition) is 1. The Hall–Kier alpha value is -0.580. The summed E-state index contributed by atoms with van der Waals surface area (Å²) in [6.45, 7) is 0. The van der Waals surface area contributed by atoms with Crippen LogP contribution in [-0.4, -0.2) is 0 Å². The molecule has 0 fully saturated rings. The highest BCUT2D eigenvalue weighted by molar-refractivity contribution is 9.10. The normalized spacial score (nSPS) is 12.7. The van der Waals surface area contributed by atoms with Gasteiger partial charge in [0.1, 0.15) is 5.76 Å². The zero-order valence-corrected chi connectivity index (χ0v) is 11.7. The van der Waals surface area contributed by atoms with Crippen LogP contribution >= 0.6 is 31.9 Å². The van der Waals surface area contributed by atoms with E-state index < -0.39 is 0 Å². The summed E-state index contributed by atoms with van der Waals surface area (Å²) in [4.78, 5) is 0. The Morgan fingerprint density at radius 1 is 1.19 bits per heavy atom. The van der Waals surface area contributed by atoms with Gasteiger partial charge in [-0.1, -0.05) is 28.1 Å². The molecule has 1 heterocycles. The molecule has 4 heteroatoms. The molecule has 1 aromatic heterocycles. The molecule has 1 aromatic carbocycles. The Morgan fingerprint density at radius 3 is 2.62 bits per heavy atom. The second kappa shape index (κ2) is 5.17. The molecular formula is C12H11Br2NO. The Bertz CT molecular complexity index is 481. The van der Waals surface area contributed by atoms with Crippen LogP contribution in [0.4, 0.5) is 0 Å². The van der Waals surface area contributed by atoms with E-state index in [0.29, 0.717) is 4.67 Å². The van der Waals surface area contributed by atoms with Gasteiger partial charge in [0, 0.05) is 4.47 Å². The zero-order chi connectivity index (χ0) is 11.5. The maximum absolute atomic E-state index is 6.06. The van der Waals surface area contributed by atoms with Crippen LogP contribution in [0.5, 0.6) is 0 Å². The zero-order valence-electron chi connectivity index (χ0n) is 8.49. The standard InChI is InChI=1S/C12H11Br2NO/c13-9-3-1-2-8(6-9)7-10(15)11-4-5-12(14)16-11/h1-6,10H,7,15H2. The highest BCUT2D eigenvalue weighted by Crippen LogP contribution is 2.22. The molecule has 0 radical (unpaired) electrons. The van der Waals surface area contributed by atoms with Crippen molar-refractivity contribution in [1.82, 2.24) is 0 Å². The molecule has 2 nitrogen and oxygen atoms in total. The van der Waals surface area contributed by atoms with E-state index >= 15 is 0 Å². The average molecular weight is 345 g/mol. The molecule has 1 atom stereocenters. The monoisotopic (exact) mass is 343 g/mol. The molecule has 0 aliphatic rings. The number of hydrogen-bond acceptors (Lipinski definition) is 2. The van der Waals surface area contributed by atoms with E-state index in [0.717, 1.165) is 16.7 Å². The number of furan rings is 1. The molecule has 0 spiro atoms. The first-order valence-corrected chi connectivity index (χ1v) is 6.49. The summed E-state index contributed by atoms with van der Waals surface area (Å²) in [7, 11) is 0. The lowest BCUT2D eigenvalue weighted by Gasteiger charge is -2.08. The molecule has 0 saturated heterocycles. The fourth-order valence-corrected chi connectivity index (χ4v) is 2.31. The summed E-state index contributed by atoms with van der Waals surface area (Å²) in [5, 5.41) is 0. The second-order valence-electron chi connectivity index (χ2n) is 3.58. The van der Waals surface area contributed by atoms with Crippen LogP contribution in [0.25, 0.3) is 0 Å². The van der Waals surface area contributed by atoms with Gasteiger partial charge in [0.15, 0.2) is 4.67 Å². The summed E-state index contributed by atoms with van der Waals surface area (Å²) in [6.07, 6.45) is 0.763. The number of halogens is 2. The van der Waals surface area contributed by atoms with Crippen molar-refractivity contribution in [1.29, 1.82) is 0 Å². The minimum absolute atomic E-state index is 0.111. The first-order chi connectivity index (χ1) is 7.65. The minimum Gasteiger partial charge on any atom is -0.453 e. The topological polar surface area (TPSA) is 39.2 Å². The van der Waals surface area contributed by atoms with Gasteiger partial charge in [-0.25, -0.2) is 0 Å². The Kier molecular flexibility index (Phi) is 3.84. The second-order valence-corrected chi connectivity index (χ2v) is 5.28. The Balaban J connectivity index is 2.10. The Labute approximate surface area is 111 Å². The van der Waals surface area contributed by atoms with Gasteiger partial charge in [0.2, 0.25) is 0 Å². The van der Waals surface area contributed by atoms with Crippen molar-refractivity contribution in [2.45, 2.75) is 12.5 Å². The third-order valence-electron chi connectivity index (χ3n) is 2.30. The first kappa shape index (κ1) is 11.9. The van der Waals surface area contributed by atoms with Crippen molar-refractivity contribution in [2.75, 3.05) is 0 Å². The highest BCUT2D eigenvalue weighted by Gasteiger charge is 2.11. The average Bonchev–Trinajstić information content (AvgIpc) is 2.65. The van der Waals surface area contributed by atoms with Crippen LogP contribution < -0.4 is 5.73 Å². The molecular weight excluding hydrogens is 334 g/mol. The third kappa shape index (κ3) is 2.97. The summed E-state index contributed by atoms with van der Waals surface area (Å²) in [5.74, 6) is 0.798. The fourth-order valence-electron chi connectivity index (χ4n) is 1.55. The van der Waals surface area contributed by atoms with Crippen molar-refractivity contribution >= 4 is 31.9 Å². The van der Waals surface area contributed by atoms with Gasteiger partial charge in [-0.3, -0.25) is 0 Å². The molecule has 0 aliphatic carbocycles. The SMILES string of the molecule is NC(Cc1cccc(Br)c1)c1ccc(Br)o1. The summed E-state index contributed by atoms with van der Waals surface area (Å²) in [5.41, 5.74) is 7.25.